The Labute approximate surface area is 305 Å². The summed E-state index contributed by atoms with van der Waals surface area (Å²) in [7, 11) is -8.91. The molecular weight excluding hydrogens is 745 g/mol. The zero-order valence-electron chi connectivity index (χ0n) is 27.3. The smallest absolute Gasteiger partial charge is 0.314 e. The predicted molar refractivity (Wildman–Crippen MR) is 197 cm³/mol. The van der Waals surface area contributed by atoms with Crippen LogP contribution in [0.2, 0.25) is 0 Å². The van der Waals surface area contributed by atoms with Crippen molar-refractivity contribution in [3.05, 3.63) is 120 Å². The van der Waals surface area contributed by atoms with Crippen LogP contribution in [0.3, 0.4) is 0 Å². The third kappa shape index (κ3) is 7.96. The van der Waals surface area contributed by atoms with Gasteiger partial charge in [-0.25, -0.2) is 0 Å². The molecular formula is C36H26N4O12S2. The number of hydrogen-bond donors (Lipinski definition) is 8. The highest BCUT2D eigenvalue weighted by atomic mass is 32.2. The maximum atomic E-state index is 12.8. The van der Waals surface area contributed by atoms with E-state index in [2.05, 4.69) is 21.3 Å². The summed E-state index contributed by atoms with van der Waals surface area (Å²) in [4.78, 5) is 50.1. The number of carbonyl (C=O) groups is 4. The van der Waals surface area contributed by atoms with E-state index in [1.165, 1.54) is 97.1 Å². The molecule has 0 aromatic heterocycles. The van der Waals surface area contributed by atoms with Gasteiger partial charge in [-0.3, -0.25) is 28.3 Å². The van der Waals surface area contributed by atoms with E-state index in [1.54, 1.807) is 0 Å². The molecule has 0 aliphatic carbocycles. The van der Waals surface area contributed by atoms with Crippen LogP contribution in [0, 0.1) is 0 Å². The van der Waals surface area contributed by atoms with Crippen LogP contribution in [-0.4, -0.2) is 59.8 Å². The molecule has 0 spiro atoms. The number of benzene rings is 6. The maximum Gasteiger partial charge on any atom is 0.314 e. The molecule has 0 atom stereocenters. The molecule has 0 radical (unpaired) electrons. The molecule has 0 saturated heterocycles. The van der Waals surface area contributed by atoms with E-state index in [1.807, 2.05) is 0 Å². The number of hydrogen-bond acceptors (Lipinski definition) is 10. The number of nitrogens with one attached hydrogen (secondary N) is 4. The van der Waals surface area contributed by atoms with Crippen molar-refractivity contribution >= 4 is 88.2 Å². The van der Waals surface area contributed by atoms with Crippen LogP contribution in [-0.2, 0) is 29.8 Å². The van der Waals surface area contributed by atoms with Crippen molar-refractivity contribution in [2.75, 3.05) is 21.3 Å². The van der Waals surface area contributed by atoms with E-state index in [0.29, 0.717) is 10.8 Å². The molecule has 8 N–H and O–H groups in total. The quantitative estimate of drug-likeness (QED) is 0.0579. The Kier molecular flexibility index (Phi) is 9.76. The van der Waals surface area contributed by atoms with Crippen LogP contribution in [0.4, 0.5) is 22.7 Å². The van der Waals surface area contributed by atoms with Gasteiger partial charge in [-0.05, 0) is 108 Å². The number of phenolic OH excluding ortho intramolecular Hbond substituents is 2. The monoisotopic (exact) mass is 770 g/mol. The van der Waals surface area contributed by atoms with Gasteiger partial charge in [-0.2, -0.15) is 16.8 Å². The van der Waals surface area contributed by atoms with Crippen LogP contribution in [0.15, 0.2) is 119 Å². The minimum Gasteiger partial charge on any atom is -0.505 e. The second-order valence-electron chi connectivity index (χ2n) is 11.6. The van der Waals surface area contributed by atoms with Crippen molar-refractivity contribution in [3.8, 4) is 11.5 Å². The largest absolute Gasteiger partial charge is 0.505 e. The molecule has 0 aliphatic heterocycles. The molecule has 6 rings (SSSR count). The third-order valence-electron chi connectivity index (χ3n) is 8.03. The highest BCUT2D eigenvalue weighted by Crippen LogP contribution is 2.35. The lowest BCUT2D eigenvalue weighted by Crippen LogP contribution is -2.29. The highest BCUT2D eigenvalue weighted by molar-refractivity contribution is 7.86. The predicted octanol–water partition coefficient (Wildman–Crippen LogP) is 4.98. The third-order valence-corrected chi connectivity index (χ3v) is 9.73. The second-order valence-corrected chi connectivity index (χ2v) is 14.5. The van der Waals surface area contributed by atoms with Crippen molar-refractivity contribution in [2.24, 2.45) is 0 Å². The molecule has 6 aromatic rings. The van der Waals surface area contributed by atoms with Crippen LogP contribution < -0.4 is 21.3 Å². The maximum absolute atomic E-state index is 12.8. The fourth-order valence-electron chi connectivity index (χ4n) is 5.28. The molecule has 0 heterocycles. The van der Waals surface area contributed by atoms with Crippen molar-refractivity contribution in [3.63, 3.8) is 0 Å². The van der Waals surface area contributed by atoms with Gasteiger partial charge in [0.1, 0.15) is 11.5 Å². The first-order chi connectivity index (χ1) is 25.5. The van der Waals surface area contributed by atoms with Gasteiger partial charge in [0.15, 0.2) is 0 Å². The molecule has 0 saturated carbocycles. The minimum atomic E-state index is -4.46. The van der Waals surface area contributed by atoms with Gasteiger partial charge < -0.3 is 31.5 Å². The minimum absolute atomic E-state index is 0.0280. The van der Waals surface area contributed by atoms with E-state index < -0.39 is 43.9 Å². The molecule has 274 valence electrons. The van der Waals surface area contributed by atoms with Crippen LogP contribution in [0.1, 0.15) is 20.7 Å². The van der Waals surface area contributed by atoms with Gasteiger partial charge in [-0.1, -0.05) is 12.1 Å². The fraction of sp³-hybridized carbons (Fsp3) is 0. The lowest BCUT2D eigenvalue weighted by molar-refractivity contribution is -0.132. The molecule has 0 unspecified atom stereocenters. The summed E-state index contributed by atoms with van der Waals surface area (Å²) in [5.41, 5.74) is 0.677. The van der Waals surface area contributed by atoms with Crippen molar-refractivity contribution in [1.29, 1.82) is 0 Å². The number of amides is 4. The zero-order valence-corrected chi connectivity index (χ0v) is 28.9. The van der Waals surface area contributed by atoms with Crippen LogP contribution >= 0.6 is 0 Å². The lowest BCUT2D eigenvalue weighted by Gasteiger charge is -2.11. The fourth-order valence-corrected chi connectivity index (χ4v) is 6.31. The number of carbonyl (C=O) groups excluding carboxylic acids is 4. The first-order valence-electron chi connectivity index (χ1n) is 15.4. The average Bonchev–Trinajstić information content (AvgIpc) is 3.13. The standard InChI is InChI=1S/C36H26N4O12S2/c41-31-27-13-11-25(53(47,48)49)17-21(27)5-15-29(31)39-33(43)19-1-7-23(8-2-19)37-35(45)36(46)38-24-9-3-20(4-10-24)34(44)40-30-16-6-22-18-26(54(50,51)52)12-14-28(22)32(30)42/h1-18,41-42H,(H,37,45)(H,38,46)(H,39,43)(H,40,44)(H,47,48,49)(H,50,51,52). The molecule has 54 heavy (non-hydrogen) atoms. The van der Waals surface area contributed by atoms with Gasteiger partial charge in [0.2, 0.25) is 0 Å². The Morgan fingerprint density at radius 1 is 0.444 bits per heavy atom. The Hall–Kier alpha value is -6.86. The van der Waals surface area contributed by atoms with Gasteiger partial charge in [-0.15, -0.1) is 0 Å². The van der Waals surface area contributed by atoms with Gasteiger partial charge in [0.25, 0.3) is 32.1 Å². The molecule has 4 amide bonds. The summed E-state index contributed by atoms with van der Waals surface area (Å²) in [5, 5.41) is 32.2. The topological polar surface area (TPSA) is 266 Å². The second kappa shape index (κ2) is 14.3. The van der Waals surface area contributed by atoms with Crippen molar-refractivity contribution in [1.82, 2.24) is 0 Å². The SMILES string of the molecule is O=C(Nc1ccc(C(=O)Nc2ccc3cc(S(=O)(=O)O)ccc3c2O)cc1)C(=O)Nc1ccc(C(=O)Nc2ccc3cc(S(=O)(=O)O)ccc3c2O)cc1. The number of rotatable bonds is 8. The van der Waals surface area contributed by atoms with E-state index in [4.69, 9.17) is 0 Å². The molecule has 16 nitrogen and oxygen atoms in total. The van der Waals surface area contributed by atoms with E-state index in [0.717, 1.165) is 12.1 Å². The molecule has 0 bridgehead atoms. The molecule has 0 fully saturated rings. The Balaban J connectivity index is 1.03. The van der Waals surface area contributed by atoms with Crippen LogP contribution in [0.25, 0.3) is 21.5 Å². The lowest BCUT2D eigenvalue weighted by atomic mass is 10.1. The van der Waals surface area contributed by atoms with Crippen molar-refractivity contribution in [2.45, 2.75) is 9.79 Å². The first kappa shape index (κ1) is 36.9. The number of phenols is 2. The number of anilines is 4. The first-order valence-corrected chi connectivity index (χ1v) is 18.3. The normalized spacial score (nSPS) is 11.5. The van der Waals surface area contributed by atoms with Gasteiger partial charge >= 0.3 is 11.8 Å². The van der Waals surface area contributed by atoms with E-state index in [9.17, 15) is 55.3 Å². The Morgan fingerprint density at radius 3 is 1.13 bits per heavy atom. The Morgan fingerprint density at radius 2 is 0.796 bits per heavy atom. The van der Waals surface area contributed by atoms with Gasteiger partial charge in [0, 0.05) is 33.3 Å². The van der Waals surface area contributed by atoms with Gasteiger partial charge in [0.05, 0.1) is 21.2 Å². The summed E-state index contributed by atoms with van der Waals surface area (Å²) in [6, 6.07) is 23.6. The molecule has 18 heteroatoms. The van der Waals surface area contributed by atoms with E-state index >= 15 is 0 Å². The van der Waals surface area contributed by atoms with Crippen molar-refractivity contribution < 1.29 is 55.3 Å². The summed E-state index contributed by atoms with van der Waals surface area (Å²) in [6.45, 7) is 0. The average molecular weight is 771 g/mol. The summed E-state index contributed by atoms with van der Waals surface area (Å²) in [5.74, 6) is -4.00. The molecule has 0 aliphatic rings. The summed E-state index contributed by atoms with van der Waals surface area (Å²) >= 11 is 0. The number of fused-ring (bicyclic) bond motifs is 2. The zero-order chi connectivity index (χ0) is 38.9. The number of aromatic hydroxyl groups is 2. The highest BCUT2D eigenvalue weighted by Gasteiger charge is 2.18. The van der Waals surface area contributed by atoms with E-state index in [-0.39, 0.29) is 65.9 Å². The molecule has 6 aromatic carbocycles. The van der Waals surface area contributed by atoms with Crippen LogP contribution in [0.5, 0.6) is 11.5 Å². The Bertz CT molecular complexity index is 2560. The summed E-state index contributed by atoms with van der Waals surface area (Å²) in [6.07, 6.45) is 0. The summed E-state index contributed by atoms with van der Waals surface area (Å²) < 4.78 is 64.2.